The molecular formula is C24H23FN4O2. The molecule has 2 amide bonds. The van der Waals surface area contributed by atoms with Gasteiger partial charge in [-0.3, -0.25) is 9.59 Å². The number of carbonyl (C=O) groups is 2. The molecule has 1 aliphatic heterocycles. The Hall–Kier alpha value is -3.61. The summed E-state index contributed by atoms with van der Waals surface area (Å²) in [5, 5.41) is 3.47. The number of aromatic nitrogens is 2. The number of rotatable bonds is 5. The third-order valence-electron chi connectivity index (χ3n) is 5.46. The highest BCUT2D eigenvalue weighted by Crippen LogP contribution is 2.23. The maximum Gasteiger partial charge on any atom is 0.253 e. The second-order valence-corrected chi connectivity index (χ2v) is 7.72. The summed E-state index contributed by atoms with van der Waals surface area (Å²) in [5.41, 5.74) is 1.79. The number of hydrogen-bond acceptors (Lipinski definition) is 4. The first-order chi connectivity index (χ1) is 15.0. The number of benzene rings is 2. The van der Waals surface area contributed by atoms with Gasteiger partial charge in [0.25, 0.3) is 5.91 Å². The molecule has 7 heteroatoms. The van der Waals surface area contributed by atoms with E-state index in [4.69, 9.17) is 0 Å². The van der Waals surface area contributed by atoms with Gasteiger partial charge in [0.15, 0.2) is 0 Å². The molecule has 0 spiro atoms. The van der Waals surface area contributed by atoms with E-state index in [1.807, 2.05) is 4.90 Å². The van der Waals surface area contributed by atoms with E-state index in [0.29, 0.717) is 42.1 Å². The van der Waals surface area contributed by atoms with E-state index in [-0.39, 0.29) is 23.5 Å². The Labute approximate surface area is 179 Å². The van der Waals surface area contributed by atoms with Crippen molar-refractivity contribution in [2.45, 2.75) is 19.3 Å². The van der Waals surface area contributed by atoms with Crippen LogP contribution in [0.2, 0.25) is 0 Å². The highest BCUT2D eigenvalue weighted by Gasteiger charge is 2.25. The van der Waals surface area contributed by atoms with E-state index in [1.54, 1.807) is 36.5 Å². The van der Waals surface area contributed by atoms with Crippen LogP contribution in [-0.4, -0.2) is 39.8 Å². The van der Waals surface area contributed by atoms with Gasteiger partial charge in [-0.15, -0.1) is 0 Å². The molecule has 1 atom stereocenters. The lowest BCUT2D eigenvalue weighted by atomic mass is 9.94. The van der Waals surface area contributed by atoms with Crippen LogP contribution in [-0.2, 0) is 11.2 Å². The number of piperidine rings is 1. The molecule has 2 aromatic carbocycles. The van der Waals surface area contributed by atoms with E-state index in [9.17, 15) is 14.0 Å². The zero-order valence-electron chi connectivity index (χ0n) is 17.1. The summed E-state index contributed by atoms with van der Waals surface area (Å²) in [6, 6.07) is 11.3. The molecule has 31 heavy (non-hydrogen) atoms. The molecule has 1 N–H and O–H groups in total. The van der Waals surface area contributed by atoms with Crippen molar-refractivity contribution < 1.29 is 14.0 Å². The summed E-state index contributed by atoms with van der Waals surface area (Å²) in [4.78, 5) is 35.1. The molecule has 6 nitrogen and oxygen atoms in total. The highest BCUT2D eigenvalue weighted by atomic mass is 19.1. The number of amides is 2. The smallest absolute Gasteiger partial charge is 0.253 e. The van der Waals surface area contributed by atoms with Crippen LogP contribution in [0, 0.1) is 11.7 Å². The summed E-state index contributed by atoms with van der Waals surface area (Å²) in [6.07, 6.45) is 5.45. The molecule has 0 unspecified atom stereocenters. The minimum absolute atomic E-state index is 0.0344. The van der Waals surface area contributed by atoms with Gasteiger partial charge < -0.3 is 10.2 Å². The summed E-state index contributed by atoms with van der Waals surface area (Å²) >= 11 is 0. The molecule has 0 aliphatic carbocycles. The molecule has 0 bridgehead atoms. The number of nitrogens with one attached hydrogen (secondary N) is 1. The van der Waals surface area contributed by atoms with Gasteiger partial charge in [0, 0.05) is 48.4 Å². The number of fused-ring (bicyclic) bond motifs is 1. The number of hydrogen-bond donors (Lipinski definition) is 1. The van der Waals surface area contributed by atoms with Crippen LogP contribution in [0.3, 0.4) is 0 Å². The fraction of sp³-hybridized carbons (Fsp3) is 0.250. The number of anilines is 1. The van der Waals surface area contributed by atoms with Crippen molar-refractivity contribution in [3.63, 3.8) is 0 Å². The predicted octanol–water partition coefficient (Wildman–Crippen LogP) is 3.99. The van der Waals surface area contributed by atoms with E-state index < -0.39 is 0 Å². The Morgan fingerprint density at radius 1 is 1.23 bits per heavy atom. The fourth-order valence-electron chi connectivity index (χ4n) is 3.88. The van der Waals surface area contributed by atoms with Crippen LogP contribution in [0.15, 0.2) is 61.3 Å². The van der Waals surface area contributed by atoms with Crippen molar-refractivity contribution in [2.24, 2.45) is 5.92 Å². The number of halogens is 1. The van der Waals surface area contributed by atoms with Crippen LogP contribution in [0.4, 0.5) is 10.1 Å². The molecular weight excluding hydrogens is 395 g/mol. The molecule has 1 saturated heterocycles. The minimum Gasteiger partial charge on any atom is -0.338 e. The first-order valence-corrected chi connectivity index (χ1v) is 10.3. The summed E-state index contributed by atoms with van der Waals surface area (Å²) < 4.78 is 13.5. The minimum atomic E-state index is -0.318. The van der Waals surface area contributed by atoms with Gasteiger partial charge in [-0.05, 0) is 61.2 Å². The molecule has 0 saturated carbocycles. The Morgan fingerprint density at radius 3 is 2.81 bits per heavy atom. The van der Waals surface area contributed by atoms with Gasteiger partial charge in [0.2, 0.25) is 5.91 Å². The standard InChI is InChI=1S/C24H23FN4O2/c1-2-23(30)27-20-9-6-17(7-10-20)24(31)29-11-3-4-16(15-29)12-22-26-14-18-5-8-19(25)13-21(18)28-22/h2,5-10,13-14,16H,1,3-4,11-12,15H2,(H,27,30)/t16-/m0/s1. The fourth-order valence-corrected chi connectivity index (χ4v) is 3.88. The first-order valence-electron chi connectivity index (χ1n) is 10.3. The van der Waals surface area contributed by atoms with Crippen LogP contribution in [0.1, 0.15) is 29.0 Å². The molecule has 0 radical (unpaired) electrons. The third-order valence-corrected chi connectivity index (χ3v) is 5.46. The molecule has 1 aromatic heterocycles. The van der Waals surface area contributed by atoms with Crippen LogP contribution in [0.25, 0.3) is 10.9 Å². The Balaban J connectivity index is 1.41. The summed E-state index contributed by atoms with van der Waals surface area (Å²) in [5.74, 6) is 0.264. The topological polar surface area (TPSA) is 75.2 Å². The van der Waals surface area contributed by atoms with Crippen molar-refractivity contribution in [1.29, 1.82) is 0 Å². The second kappa shape index (κ2) is 9.04. The Bertz CT molecular complexity index is 1130. The lowest BCUT2D eigenvalue weighted by Gasteiger charge is -2.32. The number of nitrogens with zero attached hydrogens (tertiary/aromatic N) is 3. The largest absolute Gasteiger partial charge is 0.338 e. The van der Waals surface area contributed by atoms with E-state index >= 15 is 0 Å². The molecule has 3 aromatic rings. The zero-order chi connectivity index (χ0) is 21.8. The van der Waals surface area contributed by atoms with Gasteiger partial charge in [0.1, 0.15) is 11.6 Å². The zero-order valence-corrected chi connectivity index (χ0v) is 17.1. The SMILES string of the molecule is C=CC(=O)Nc1ccc(C(=O)N2CCC[C@@H](Cc3ncc4ccc(F)cc4n3)C2)cc1. The molecule has 158 valence electrons. The number of likely N-dealkylation sites (tertiary alicyclic amines) is 1. The van der Waals surface area contributed by atoms with E-state index in [2.05, 4.69) is 21.9 Å². The van der Waals surface area contributed by atoms with Crippen molar-refractivity contribution >= 4 is 28.4 Å². The third kappa shape index (κ3) is 4.94. The number of carbonyl (C=O) groups excluding carboxylic acids is 2. The average Bonchev–Trinajstić information content (AvgIpc) is 2.79. The van der Waals surface area contributed by atoms with Crippen molar-refractivity contribution in [2.75, 3.05) is 18.4 Å². The predicted molar refractivity (Wildman–Crippen MR) is 117 cm³/mol. The van der Waals surface area contributed by atoms with Gasteiger partial charge in [-0.1, -0.05) is 6.58 Å². The average molecular weight is 418 g/mol. The maximum absolute atomic E-state index is 13.5. The quantitative estimate of drug-likeness (QED) is 0.636. The van der Waals surface area contributed by atoms with Crippen LogP contribution < -0.4 is 5.32 Å². The monoisotopic (exact) mass is 418 g/mol. The van der Waals surface area contributed by atoms with E-state index in [0.717, 1.165) is 18.2 Å². The van der Waals surface area contributed by atoms with Crippen molar-refractivity contribution in [1.82, 2.24) is 14.9 Å². The van der Waals surface area contributed by atoms with Gasteiger partial charge in [-0.25, -0.2) is 14.4 Å². The summed E-state index contributed by atoms with van der Waals surface area (Å²) in [6.45, 7) is 4.75. The van der Waals surface area contributed by atoms with Gasteiger partial charge >= 0.3 is 0 Å². The highest BCUT2D eigenvalue weighted by molar-refractivity contribution is 5.99. The molecule has 1 fully saturated rings. The lowest BCUT2D eigenvalue weighted by molar-refractivity contribution is -0.111. The lowest BCUT2D eigenvalue weighted by Crippen LogP contribution is -2.40. The van der Waals surface area contributed by atoms with Crippen LogP contribution >= 0.6 is 0 Å². The molecule has 4 rings (SSSR count). The van der Waals surface area contributed by atoms with Gasteiger partial charge in [0.05, 0.1) is 5.52 Å². The second-order valence-electron chi connectivity index (χ2n) is 7.72. The van der Waals surface area contributed by atoms with E-state index in [1.165, 1.54) is 18.2 Å². The molecule has 2 heterocycles. The summed E-state index contributed by atoms with van der Waals surface area (Å²) in [7, 11) is 0. The van der Waals surface area contributed by atoms with Gasteiger partial charge in [-0.2, -0.15) is 0 Å². The maximum atomic E-state index is 13.5. The molecule has 1 aliphatic rings. The Kier molecular flexibility index (Phi) is 6.02. The normalized spacial score (nSPS) is 16.2. The van der Waals surface area contributed by atoms with Crippen LogP contribution in [0.5, 0.6) is 0 Å². The first kappa shape index (κ1) is 20.7. The Morgan fingerprint density at radius 2 is 2.03 bits per heavy atom. The van der Waals surface area contributed by atoms with Crippen molar-refractivity contribution in [3.05, 3.63) is 78.5 Å². The van der Waals surface area contributed by atoms with Crippen molar-refractivity contribution in [3.8, 4) is 0 Å².